The van der Waals surface area contributed by atoms with Gasteiger partial charge in [0.05, 0.1) is 0 Å². The summed E-state index contributed by atoms with van der Waals surface area (Å²) in [5, 5.41) is 20.8. The van der Waals surface area contributed by atoms with Crippen molar-refractivity contribution >= 4 is 23.4 Å². The summed E-state index contributed by atoms with van der Waals surface area (Å²) in [7, 11) is 1.41. The van der Waals surface area contributed by atoms with Crippen LogP contribution in [-0.2, 0) is 4.79 Å². The molecule has 2 N–H and O–H groups in total. The molecule has 8 heteroatoms. The van der Waals surface area contributed by atoms with Crippen LogP contribution < -0.4 is 10.2 Å². The molecule has 1 rings (SSSR count). The highest BCUT2D eigenvalue weighted by Crippen LogP contribution is 2.16. The van der Waals surface area contributed by atoms with Crippen LogP contribution in [0, 0.1) is 10.1 Å². The molecule has 18 heavy (non-hydrogen) atoms. The van der Waals surface area contributed by atoms with E-state index in [0.717, 1.165) is 4.90 Å². The number of likely N-dealkylation sites (N-methyl/N-ethyl adjacent to an activating group) is 1. The third-order valence-corrected chi connectivity index (χ3v) is 2.14. The van der Waals surface area contributed by atoms with Gasteiger partial charge < -0.3 is 10.0 Å². The van der Waals surface area contributed by atoms with E-state index in [9.17, 15) is 19.7 Å². The Morgan fingerprint density at radius 1 is 1.39 bits per heavy atom. The Kier molecular flexibility index (Phi) is 4.19. The van der Waals surface area contributed by atoms with Gasteiger partial charge in [-0.15, -0.1) is 0 Å². The predicted octanol–water partition coefficient (Wildman–Crippen LogP) is 1.02. The molecule has 96 valence electrons. The van der Waals surface area contributed by atoms with Crippen molar-refractivity contribution < 1.29 is 19.6 Å². The van der Waals surface area contributed by atoms with E-state index in [1.165, 1.54) is 31.3 Å². The van der Waals surface area contributed by atoms with Gasteiger partial charge in [0.2, 0.25) is 0 Å². The van der Waals surface area contributed by atoms with Crippen LogP contribution in [0.4, 0.5) is 16.2 Å². The van der Waals surface area contributed by atoms with Crippen LogP contribution in [0.1, 0.15) is 0 Å². The minimum atomic E-state index is -1.19. The van der Waals surface area contributed by atoms with Crippen LogP contribution in [0.15, 0.2) is 24.3 Å². The number of nitro groups is 1. The van der Waals surface area contributed by atoms with E-state index in [1.54, 1.807) is 0 Å². The average molecular weight is 253 g/mol. The number of amides is 2. The topological polar surface area (TPSA) is 113 Å². The van der Waals surface area contributed by atoms with E-state index in [4.69, 9.17) is 5.11 Å². The summed E-state index contributed by atoms with van der Waals surface area (Å²) >= 11 is 0. The highest BCUT2D eigenvalue weighted by Gasteiger charge is 2.16. The Morgan fingerprint density at radius 3 is 2.39 bits per heavy atom. The lowest BCUT2D eigenvalue weighted by Crippen LogP contribution is -2.32. The molecule has 8 nitrogen and oxygen atoms in total. The second-order valence-corrected chi connectivity index (χ2v) is 3.42. The Balaban J connectivity index is 2.75. The van der Waals surface area contributed by atoms with Crippen LogP contribution in [0.2, 0.25) is 0 Å². The molecular formula is C10H11N3O5. The number of anilines is 2. The molecule has 0 spiro atoms. The zero-order valence-electron chi connectivity index (χ0n) is 9.49. The lowest BCUT2D eigenvalue weighted by atomic mass is 10.2. The van der Waals surface area contributed by atoms with Gasteiger partial charge in [-0.05, 0) is 24.3 Å². The predicted molar refractivity (Wildman–Crippen MR) is 63.4 cm³/mol. The van der Waals surface area contributed by atoms with Gasteiger partial charge in [-0.2, -0.15) is 0 Å². The fraction of sp³-hybridized carbons (Fsp3) is 0.200. The number of nitrogens with zero attached hydrogens (tertiary/aromatic N) is 2. The van der Waals surface area contributed by atoms with Gasteiger partial charge in [-0.25, -0.2) is 4.79 Å². The Labute approximate surface area is 102 Å². The fourth-order valence-electron chi connectivity index (χ4n) is 1.25. The molecule has 2 amide bonds. The molecule has 0 saturated carbocycles. The molecule has 0 bridgehead atoms. The third-order valence-electron chi connectivity index (χ3n) is 2.14. The summed E-state index contributed by atoms with van der Waals surface area (Å²) in [5.74, 6) is -0.654. The second kappa shape index (κ2) is 5.62. The standard InChI is InChI=1S/C10H11N3O5/c1-12(9(14)6-13(17)18)8-4-2-7(3-5-8)11-10(15)16/h2-5,11H,6H2,1H3,(H,15,16). The Bertz CT molecular complexity index is 471. The summed E-state index contributed by atoms with van der Waals surface area (Å²) in [4.78, 5) is 32.4. The molecule has 0 fully saturated rings. The van der Waals surface area contributed by atoms with Crippen LogP contribution in [-0.4, -0.2) is 35.6 Å². The summed E-state index contributed by atoms with van der Waals surface area (Å²) in [6, 6.07) is 5.89. The van der Waals surface area contributed by atoms with E-state index in [-0.39, 0.29) is 0 Å². The van der Waals surface area contributed by atoms with Crippen LogP contribution in [0.25, 0.3) is 0 Å². The monoisotopic (exact) mass is 253 g/mol. The normalized spacial score (nSPS) is 9.61. The molecule has 0 atom stereocenters. The number of rotatable bonds is 4. The van der Waals surface area contributed by atoms with Gasteiger partial charge in [0.25, 0.3) is 12.5 Å². The molecule has 0 radical (unpaired) electrons. The summed E-state index contributed by atoms with van der Waals surface area (Å²) in [6.45, 7) is -0.786. The zero-order valence-corrected chi connectivity index (χ0v) is 9.49. The van der Waals surface area contributed by atoms with E-state index < -0.39 is 23.5 Å². The van der Waals surface area contributed by atoms with Crippen molar-refractivity contribution in [2.24, 2.45) is 0 Å². The summed E-state index contributed by atoms with van der Waals surface area (Å²) in [6.07, 6.45) is -1.19. The maximum Gasteiger partial charge on any atom is 0.409 e. The van der Waals surface area contributed by atoms with Crippen molar-refractivity contribution in [1.29, 1.82) is 0 Å². The molecule has 1 aromatic carbocycles. The van der Waals surface area contributed by atoms with Crippen molar-refractivity contribution in [1.82, 2.24) is 0 Å². The first-order chi connectivity index (χ1) is 8.40. The number of nitrogens with one attached hydrogen (secondary N) is 1. The Hall–Kier alpha value is -2.64. The molecule has 0 aliphatic rings. The fourth-order valence-corrected chi connectivity index (χ4v) is 1.25. The minimum Gasteiger partial charge on any atom is -0.465 e. The van der Waals surface area contributed by atoms with E-state index >= 15 is 0 Å². The molecule has 0 aliphatic heterocycles. The minimum absolute atomic E-state index is 0.348. The molecule has 0 heterocycles. The van der Waals surface area contributed by atoms with Gasteiger partial charge in [-0.1, -0.05) is 0 Å². The third kappa shape index (κ3) is 3.74. The van der Waals surface area contributed by atoms with Crippen molar-refractivity contribution in [2.45, 2.75) is 0 Å². The van der Waals surface area contributed by atoms with Gasteiger partial charge in [-0.3, -0.25) is 20.2 Å². The quantitative estimate of drug-likeness (QED) is 0.614. The highest BCUT2D eigenvalue weighted by atomic mass is 16.6. The maximum absolute atomic E-state index is 11.4. The van der Waals surface area contributed by atoms with E-state index in [2.05, 4.69) is 5.32 Å². The number of carbonyl (C=O) groups is 2. The van der Waals surface area contributed by atoms with Crippen LogP contribution in [0.3, 0.4) is 0 Å². The van der Waals surface area contributed by atoms with Crippen LogP contribution in [0.5, 0.6) is 0 Å². The van der Waals surface area contributed by atoms with Gasteiger partial charge in [0.15, 0.2) is 0 Å². The Morgan fingerprint density at radius 2 is 1.94 bits per heavy atom. The lowest BCUT2D eigenvalue weighted by molar-refractivity contribution is -0.467. The molecular weight excluding hydrogens is 242 g/mol. The molecule has 0 unspecified atom stereocenters. The molecule has 0 saturated heterocycles. The number of carboxylic acid groups (broad SMARTS) is 1. The molecule has 0 aromatic heterocycles. The van der Waals surface area contributed by atoms with E-state index in [1.807, 2.05) is 0 Å². The molecule has 0 aliphatic carbocycles. The maximum atomic E-state index is 11.4. The number of hydrogen-bond acceptors (Lipinski definition) is 4. The lowest BCUT2D eigenvalue weighted by Gasteiger charge is -2.15. The van der Waals surface area contributed by atoms with Crippen molar-refractivity contribution in [3.63, 3.8) is 0 Å². The number of carbonyl (C=O) groups excluding carboxylic acids is 1. The summed E-state index contributed by atoms with van der Waals surface area (Å²) < 4.78 is 0. The smallest absolute Gasteiger partial charge is 0.409 e. The number of hydrogen-bond donors (Lipinski definition) is 2. The van der Waals surface area contributed by atoms with Crippen LogP contribution >= 0.6 is 0 Å². The van der Waals surface area contributed by atoms with Gasteiger partial charge in [0, 0.05) is 23.3 Å². The van der Waals surface area contributed by atoms with Crippen molar-refractivity contribution in [3.8, 4) is 0 Å². The first-order valence-electron chi connectivity index (χ1n) is 4.88. The summed E-state index contributed by atoms with van der Waals surface area (Å²) in [5.41, 5.74) is 0.791. The first kappa shape index (κ1) is 13.4. The van der Waals surface area contributed by atoms with Gasteiger partial charge >= 0.3 is 6.09 Å². The average Bonchev–Trinajstić information content (AvgIpc) is 2.27. The second-order valence-electron chi connectivity index (χ2n) is 3.42. The number of benzene rings is 1. The SMILES string of the molecule is CN(C(=O)C[N+](=O)[O-])c1ccc(NC(=O)O)cc1. The van der Waals surface area contributed by atoms with E-state index in [0.29, 0.717) is 11.4 Å². The largest absolute Gasteiger partial charge is 0.465 e. The molecule has 1 aromatic rings. The highest BCUT2D eigenvalue weighted by molar-refractivity contribution is 5.94. The zero-order chi connectivity index (χ0) is 13.7. The van der Waals surface area contributed by atoms with Crippen molar-refractivity contribution in [3.05, 3.63) is 34.4 Å². The van der Waals surface area contributed by atoms with Gasteiger partial charge in [0.1, 0.15) is 0 Å². The first-order valence-corrected chi connectivity index (χ1v) is 4.88. The van der Waals surface area contributed by atoms with Crippen molar-refractivity contribution in [2.75, 3.05) is 23.8 Å².